The minimum atomic E-state index is -0.491. The summed E-state index contributed by atoms with van der Waals surface area (Å²) in [5.41, 5.74) is 2.75. The van der Waals surface area contributed by atoms with Crippen molar-refractivity contribution in [3.63, 3.8) is 0 Å². The summed E-state index contributed by atoms with van der Waals surface area (Å²) in [4.78, 5) is 36.9. The maximum Gasteiger partial charge on any atom is 0.419 e. The number of para-hydroxylation sites is 2. The van der Waals surface area contributed by atoms with Crippen LogP contribution in [0.4, 0.5) is 5.69 Å². The molecule has 6 heteroatoms. The average molecular weight is 386 g/mol. The Balaban J connectivity index is 1.44. The highest BCUT2D eigenvalue weighted by molar-refractivity contribution is 6.09. The minimum absolute atomic E-state index is 0.0975. The Hall–Kier alpha value is -3.93. The summed E-state index contributed by atoms with van der Waals surface area (Å²) >= 11 is 0. The molecule has 0 aliphatic rings. The van der Waals surface area contributed by atoms with Crippen molar-refractivity contribution >= 4 is 28.5 Å². The van der Waals surface area contributed by atoms with Gasteiger partial charge in [0.1, 0.15) is 0 Å². The van der Waals surface area contributed by atoms with Crippen LogP contribution in [0.25, 0.3) is 11.1 Å². The lowest BCUT2D eigenvalue weighted by Gasteiger charge is -2.08. The first-order valence-electron chi connectivity index (χ1n) is 9.20. The van der Waals surface area contributed by atoms with E-state index in [2.05, 4.69) is 5.32 Å². The fourth-order valence-corrected chi connectivity index (χ4v) is 3.16. The maximum absolute atomic E-state index is 12.6. The van der Waals surface area contributed by atoms with E-state index in [0.717, 1.165) is 0 Å². The minimum Gasteiger partial charge on any atom is -0.408 e. The van der Waals surface area contributed by atoms with E-state index in [1.807, 2.05) is 12.1 Å². The van der Waals surface area contributed by atoms with Gasteiger partial charge in [0.05, 0.1) is 5.52 Å². The van der Waals surface area contributed by atoms with E-state index >= 15 is 0 Å². The zero-order valence-electron chi connectivity index (χ0n) is 15.5. The second kappa shape index (κ2) is 7.98. The van der Waals surface area contributed by atoms with Crippen molar-refractivity contribution in [1.29, 1.82) is 0 Å². The number of carbonyl (C=O) groups is 2. The first kappa shape index (κ1) is 18.4. The molecule has 0 aliphatic heterocycles. The van der Waals surface area contributed by atoms with Crippen molar-refractivity contribution < 1.29 is 14.0 Å². The second-order valence-electron chi connectivity index (χ2n) is 6.56. The molecule has 0 spiro atoms. The van der Waals surface area contributed by atoms with Crippen molar-refractivity contribution in [2.24, 2.45) is 0 Å². The summed E-state index contributed by atoms with van der Waals surface area (Å²) in [5.74, 6) is -0.862. The SMILES string of the molecule is O=C(CCn1c(=O)oc2ccccc21)Nc1cccc(C(=O)c2ccccc2)c1. The summed E-state index contributed by atoms with van der Waals surface area (Å²) in [6, 6.07) is 22.8. The van der Waals surface area contributed by atoms with Gasteiger partial charge in [0.15, 0.2) is 11.4 Å². The van der Waals surface area contributed by atoms with E-state index in [9.17, 15) is 14.4 Å². The van der Waals surface area contributed by atoms with E-state index in [0.29, 0.717) is 27.9 Å². The lowest BCUT2D eigenvalue weighted by molar-refractivity contribution is -0.116. The van der Waals surface area contributed by atoms with Gasteiger partial charge in [-0.25, -0.2) is 4.79 Å². The van der Waals surface area contributed by atoms with Gasteiger partial charge < -0.3 is 9.73 Å². The molecule has 1 heterocycles. The number of hydrogen-bond donors (Lipinski definition) is 1. The molecule has 1 aromatic heterocycles. The standard InChI is InChI=1S/C23H18N2O4/c26-21(13-14-25-19-11-4-5-12-20(19)29-23(25)28)24-18-10-6-9-17(15-18)22(27)16-7-2-1-3-8-16/h1-12,15H,13-14H2,(H,24,26). The van der Waals surface area contributed by atoms with Crippen LogP contribution in [0.15, 0.2) is 88.1 Å². The molecule has 0 atom stereocenters. The van der Waals surface area contributed by atoms with Gasteiger partial charge in [-0.1, -0.05) is 54.6 Å². The highest BCUT2D eigenvalue weighted by Crippen LogP contribution is 2.16. The Morgan fingerprint density at radius 1 is 0.862 bits per heavy atom. The van der Waals surface area contributed by atoms with Crippen molar-refractivity contribution in [3.05, 3.63) is 101 Å². The Kier molecular flexibility index (Phi) is 5.07. The molecule has 0 radical (unpaired) electrons. The predicted molar refractivity (Wildman–Crippen MR) is 110 cm³/mol. The molecular formula is C23H18N2O4. The number of amides is 1. The number of anilines is 1. The fourth-order valence-electron chi connectivity index (χ4n) is 3.16. The summed E-state index contributed by atoms with van der Waals surface area (Å²) in [6.45, 7) is 0.199. The number of nitrogens with zero attached hydrogens (tertiary/aromatic N) is 1. The molecule has 0 unspecified atom stereocenters. The molecule has 0 saturated carbocycles. The first-order chi connectivity index (χ1) is 14.1. The molecule has 0 bridgehead atoms. The van der Waals surface area contributed by atoms with Crippen molar-refractivity contribution in [1.82, 2.24) is 4.57 Å². The molecule has 0 saturated heterocycles. The smallest absolute Gasteiger partial charge is 0.408 e. The number of benzene rings is 3. The van der Waals surface area contributed by atoms with E-state index in [-0.39, 0.29) is 24.7 Å². The molecule has 1 amide bonds. The number of ketones is 1. The maximum atomic E-state index is 12.6. The first-order valence-corrected chi connectivity index (χ1v) is 9.20. The third kappa shape index (κ3) is 4.01. The van der Waals surface area contributed by atoms with Crippen molar-refractivity contribution in [2.45, 2.75) is 13.0 Å². The second-order valence-corrected chi connectivity index (χ2v) is 6.56. The Labute approximate surface area is 166 Å². The molecule has 29 heavy (non-hydrogen) atoms. The molecule has 4 aromatic rings. The van der Waals surface area contributed by atoms with E-state index in [1.54, 1.807) is 66.7 Å². The third-order valence-electron chi connectivity index (χ3n) is 4.58. The summed E-state index contributed by atoms with van der Waals surface area (Å²) in [6.07, 6.45) is 0.0975. The van der Waals surface area contributed by atoms with E-state index < -0.39 is 5.76 Å². The van der Waals surface area contributed by atoms with Gasteiger partial charge in [-0.3, -0.25) is 14.2 Å². The number of hydrogen-bond acceptors (Lipinski definition) is 4. The van der Waals surface area contributed by atoms with Crippen LogP contribution in [0.2, 0.25) is 0 Å². The number of aromatic nitrogens is 1. The van der Waals surface area contributed by atoms with Crippen LogP contribution in [-0.2, 0) is 11.3 Å². The number of nitrogens with one attached hydrogen (secondary N) is 1. The largest absolute Gasteiger partial charge is 0.419 e. The van der Waals surface area contributed by atoms with Crippen LogP contribution in [-0.4, -0.2) is 16.3 Å². The van der Waals surface area contributed by atoms with Crippen LogP contribution in [0.3, 0.4) is 0 Å². The van der Waals surface area contributed by atoms with Gasteiger partial charge in [0.25, 0.3) is 0 Å². The molecule has 0 aliphatic carbocycles. The summed E-state index contributed by atoms with van der Waals surface area (Å²) in [7, 11) is 0. The number of fused-ring (bicyclic) bond motifs is 1. The van der Waals surface area contributed by atoms with Gasteiger partial charge in [0.2, 0.25) is 5.91 Å². The van der Waals surface area contributed by atoms with Crippen molar-refractivity contribution in [2.75, 3.05) is 5.32 Å². The fraction of sp³-hybridized carbons (Fsp3) is 0.0870. The van der Waals surface area contributed by atoms with Crippen molar-refractivity contribution in [3.8, 4) is 0 Å². The summed E-state index contributed by atoms with van der Waals surface area (Å²) in [5, 5.41) is 2.78. The van der Waals surface area contributed by atoms with Gasteiger partial charge in [-0.05, 0) is 24.3 Å². The molecule has 0 fully saturated rings. The van der Waals surface area contributed by atoms with Gasteiger partial charge in [-0.15, -0.1) is 0 Å². The lowest BCUT2D eigenvalue weighted by atomic mass is 10.0. The predicted octanol–water partition coefficient (Wildman–Crippen LogP) is 3.85. The highest BCUT2D eigenvalue weighted by Gasteiger charge is 2.12. The van der Waals surface area contributed by atoms with Crippen LogP contribution in [0, 0.1) is 0 Å². The quantitative estimate of drug-likeness (QED) is 0.510. The number of aryl methyl sites for hydroxylation is 1. The van der Waals surface area contributed by atoms with Gasteiger partial charge in [-0.2, -0.15) is 0 Å². The molecule has 4 rings (SSSR count). The van der Waals surface area contributed by atoms with Crippen LogP contribution in [0.5, 0.6) is 0 Å². The Morgan fingerprint density at radius 2 is 1.59 bits per heavy atom. The van der Waals surface area contributed by atoms with Crippen LogP contribution in [0.1, 0.15) is 22.3 Å². The number of rotatable bonds is 6. The zero-order valence-corrected chi connectivity index (χ0v) is 15.5. The van der Waals surface area contributed by atoms with Crippen LogP contribution >= 0.6 is 0 Å². The average Bonchev–Trinajstić information content (AvgIpc) is 3.07. The van der Waals surface area contributed by atoms with Gasteiger partial charge >= 0.3 is 5.76 Å². The molecular weight excluding hydrogens is 368 g/mol. The monoisotopic (exact) mass is 386 g/mol. The van der Waals surface area contributed by atoms with Crippen LogP contribution < -0.4 is 11.1 Å². The number of oxazole rings is 1. The normalized spacial score (nSPS) is 10.8. The van der Waals surface area contributed by atoms with Gasteiger partial charge in [0, 0.05) is 29.8 Å². The number of carbonyl (C=O) groups excluding carboxylic acids is 2. The topological polar surface area (TPSA) is 81.3 Å². The van der Waals surface area contributed by atoms with E-state index in [1.165, 1.54) is 4.57 Å². The molecule has 1 N–H and O–H groups in total. The zero-order chi connectivity index (χ0) is 20.2. The van der Waals surface area contributed by atoms with E-state index in [4.69, 9.17) is 4.42 Å². The molecule has 144 valence electrons. The Morgan fingerprint density at radius 3 is 2.41 bits per heavy atom. The third-order valence-corrected chi connectivity index (χ3v) is 4.58. The lowest BCUT2D eigenvalue weighted by Crippen LogP contribution is -2.20. The molecule has 3 aromatic carbocycles. The highest BCUT2D eigenvalue weighted by atomic mass is 16.4. The summed E-state index contributed by atoms with van der Waals surface area (Å²) < 4.78 is 6.61. The Bertz CT molecular complexity index is 1240. The molecule has 6 nitrogen and oxygen atoms in total.